The summed E-state index contributed by atoms with van der Waals surface area (Å²) in [6.45, 7) is 9.22. The van der Waals surface area contributed by atoms with E-state index in [0.29, 0.717) is 6.10 Å². The van der Waals surface area contributed by atoms with Crippen LogP contribution in [-0.2, 0) is 4.74 Å². The predicted octanol–water partition coefficient (Wildman–Crippen LogP) is 5.72. The number of ether oxygens (including phenoxy) is 1. The SMILES string of the molecule is CCCC/C=C/C=C\O[C@H]1C[C@@H](C)CC[C@@H]1C(C)C. The molecular weight excluding hydrogens is 232 g/mol. The first kappa shape index (κ1) is 16.3. The van der Waals surface area contributed by atoms with Crippen molar-refractivity contribution in [2.24, 2.45) is 17.8 Å². The Balaban J connectivity index is 2.35. The minimum atomic E-state index is 0.420. The van der Waals surface area contributed by atoms with E-state index in [9.17, 15) is 0 Å². The summed E-state index contributed by atoms with van der Waals surface area (Å²) in [5.41, 5.74) is 0. The topological polar surface area (TPSA) is 9.23 Å². The lowest BCUT2D eigenvalue weighted by Gasteiger charge is -2.36. The molecule has 0 heterocycles. The third kappa shape index (κ3) is 6.31. The zero-order valence-corrected chi connectivity index (χ0v) is 13.3. The maximum atomic E-state index is 6.00. The fourth-order valence-corrected chi connectivity index (χ4v) is 2.96. The summed E-state index contributed by atoms with van der Waals surface area (Å²) in [6.07, 6.45) is 16.3. The van der Waals surface area contributed by atoms with Gasteiger partial charge in [-0.2, -0.15) is 0 Å². The highest BCUT2D eigenvalue weighted by molar-refractivity contribution is 5.00. The lowest BCUT2D eigenvalue weighted by atomic mass is 9.75. The minimum Gasteiger partial charge on any atom is -0.498 e. The van der Waals surface area contributed by atoms with Crippen molar-refractivity contribution in [3.63, 3.8) is 0 Å². The normalized spacial score (nSPS) is 28.6. The monoisotopic (exact) mass is 264 g/mol. The molecule has 0 unspecified atom stereocenters. The van der Waals surface area contributed by atoms with Crippen LogP contribution in [0.15, 0.2) is 24.5 Å². The van der Waals surface area contributed by atoms with Crippen molar-refractivity contribution in [1.82, 2.24) is 0 Å². The second kappa shape index (κ2) is 9.23. The summed E-state index contributed by atoms with van der Waals surface area (Å²) in [4.78, 5) is 0. The van der Waals surface area contributed by atoms with Crippen LogP contribution in [0.1, 0.15) is 66.2 Å². The fourth-order valence-electron chi connectivity index (χ4n) is 2.96. The zero-order chi connectivity index (χ0) is 14.1. The Morgan fingerprint density at radius 3 is 2.68 bits per heavy atom. The standard InChI is InChI=1S/C18H32O/c1-5-6-7-8-9-10-13-19-18-14-16(4)11-12-17(18)15(2)3/h8-10,13,15-18H,5-7,11-12,14H2,1-4H3/b9-8+,13-10-/t16-,17+,18-/m0/s1. The van der Waals surface area contributed by atoms with Crippen LogP contribution in [0.25, 0.3) is 0 Å². The van der Waals surface area contributed by atoms with Crippen LogP contribution < -0.4 is 0 Å². The van der Waals surface area contributed by atoms with E-state index < -0.39 is 0 Å². The van der Waals surface area contributed by atoms with Gasteiger partial charge in [0.1, 0.15) is 6.10 Å². The molecule has 0 N–H and O–H groups in total. The highest BCUT2D eigenvalue weighted by Gasteiger charge is 2.31. The lowest BCUT2D eigenvalue weighted by molar-refractivity contribution is 0.0136. The summed E-state index contributed by atoms with van der Waals surface area (Å²) in [7, 11) is 0. The summed E-state index contributed by atoms with van der Waals surface area (Å²) in [5.74, 6) is 2.27. The number of hydrogen-bond donors (Lipinski definition) is 0. The van der Waals surface area contributed by atoms with Crippen molar-refractivity contribution in [1.29, 1.82) is 0 Å². The van der Waals surface area contributed by atoms with Crippen molar-refractivity contribution >= 4 is 0 Å². The van der Waals surface area contributed by atoms with Gasteiger partial charge in [-0.15, -0.1) is 0 Å². The molecule has 0 saturated heterocycles. The average Bonchev–Trinajstić information content (AvgIpc) is 2.37. The summed E-state index contributed by atoms with van der Waals surface area (Å²) < 4.78 is 6.00. The van der Waals surface area contributed by atoms with Gasteiger partial charge in [-0.3, -0.25) is 0 Å². The molecule has 1 rings (SSSR count). The van der Waals surface area contributed by atoms with Crippen molar-refractivity contribution in [2.45, 2.75) is 72.3 Å². The van der Waals surface area contributed by atoms with Gasteiger partial charge in [0.05, 0.1) is 6.26 Å². The second-order valence-corrected chi connectivity index (χ2v) is 6.40. The second-order valence-electron chi connectivity index (χ2n) is 6.40. The van der Waals surface area contributed by atoms with Crippen molar-refractivity contribution in [3.05, 3.63) is 24.5 Å². The Morgan fingerprint density at radius 2 is 2.00 bits per heavy atom. The van der Waals surface area contributed by atoms with Gasteiger partial charge in [0.15, 0.2) is 0 Å². The Hall–Kier alpha value is -0.720. The molecule has 0 aromatic carbocycles. The number of hydrogen-bond acceptors (Lipinski definition) is 1. The van der Waals surface area contributed by atoms with Crippen molar-refractivity contribution in [2.75, 3.05) is 0 Å². The molecule has 1 fully saturated rings. The molecule has 110 valence electrons. The van der Waals surface area contributed by atoms with E-state index in [2.05, 4.69) is 39.8 Å². The van der Waals surface area contributed by atoms with Gasteiger partial charge in [0.25, 0.3) is 0 Å². The fraction of sp³-hybridized carbons (Fsp3) is 0.778. The van der Waals surface area contributed by atoms with E-state index in [1.807, 2.05) is 12.3 Å². The summed E-state index contributed by atoms with van der Waals surface area (Å²) in [5, 5.41) is 0. The van der Waals surface area contributed by atoms with Gasteiger partial charge < -0.3 is 4.74 Å². The van der Waals surface area contributed by atoms with E-state index in [1.54, 1.807) is 0 Å². The van der Waals surface area contributed by atoms with E-state index in [4.69, 9.17) is 4.74 Å². The van der Waals surface area contributed by atoms with Crippen LogP contribution in [0.4, 0.5) is 0 Å². The molecule has 0 aromatic heterocycles. The zero-order valence-electron chi connectivity index (χ0n) is 13.3. The quantitative estimate of drug-likeness (QED) is 0.324. The number of allylic oxidation sites excluding steroid dienone is 3. The van der Waals surface area contributed by atoms with E-state index in [-0.39, 0.29) is 0 Å². The molecule has 1 heteroatoms. The molecule has 0 amide bonds. The molecule has 0 bridgehead atoms. The van der Waals surface area contributed by atoms with Gasteiger partial charge in [0, 0.05) is 0 Å². The molecule has 19 heavy (non-hydrogen) atoms. The summed E-state index contributed by atoms with van der Waals surface area (Å²) in [6, 6.07) is 0. The van der Waals surface area contributed by atoms with Crippen LogP contribution in [0.3, 0.4) is 0 Å². The maximum absolute atomic E-state index is 6.00. The third-order valence-corrected chi connectivity index (χ3v) is 4.26. The smallest absolute Gasteiger partial charge is 0.101 e. The average molecular weight is 264 g/mol. The Labute approximate surface area is 120 Å². The molecule has 0 radical (unpaired) electrons. The summed E-state index contributed by atoms with van der Waals surface area (Å²) >= 11 is 0. The first-order valence-electron chi connectivity index (χ1n) is 8.12. The maximum Gasteiger partial charge on any atom is 0.101 e. The highest BCUT2D eigenvalue weighted by atomic mass is 16.5. The Kier molecular flexibility index (Phi) is 7.93. The Morgan fingerprint density at radius 1 is 1.21 bits per heavy atom. The van der Waals surface area contributed by atoms with Crippen LogP contribution >= 0.6 is 0 Å². The molecule has 0 aromatic rings. The number of rotatable bonds is 7. The molecule has 1 saturated carbocycles. The van der Waals surface area contributed by atoms with Crippen molar-refractivity contribution < 1.29 is 4.74 Å². The van der Waals surface area contributed by atoms with Crippen LogP contribution in [0.5, 0.6) is 0 Å². The lowest BCUT2D eigenvalue weighted by Crippen LogP contribution is -2.33. The van der Waals surface area contributed by atoms with Gasteiger partial charge >= 0.3 is 0 Å². The first-order valence-corrected chi connectivity index (χ1v) is 8.12. The molecule has 3 atom stereocenters. The van der Waals surface area contributed by atoms with E-state index in [1.165, 1.54) is 38.5 Å². The molecule has 1 aliphatic carbocycles. The largest absolute Gasteiger partial charge is 0.498 e. The molecule has 1 nitrogen and oxygen atoms in total. The molecule has 0 spiro atoms. The van der Waals surface area contributed by atoms with E-state index >= 15 is 0 Å². The van der Waals surface area contributed by atoms with Gasteiger partial charge in [-0.1, -0.05) is 59.1 Å². The number of unbranched alkanes of at least 4 members (excludes halogenated alkanes) is 2. The predicted molar refractivity (Wildman–Crippen MR) is 84.0 cm³/mol. The van der Waals surface area contributed by atoms with E-state index in [0.717, 1.165) is 17.8 Å². The van der Waals surface area contributed by atoms with Crippen LogP contribution in [0.2, 0.25) is 0 Å². The Bertz CT molecular complexity index is 277. The van der Waals surface area contributed by atoms with Crippen LogP contribution in [0, 0.1) is 17.8 Å². The molecule has 1 aliphatic rings. The third-order valence-electron chi connectivity index (χ3n) is 4.26. The van der Waals surface area contributed by atoms with Gasteiger partial charge in [-0.25, -0.2) is 0 Å². The first-order chi connectivity index (χ1) is 9.15. The molecule has 0 aliphatic heterocycles. The van der Waals surface area contributed by atoms with Crippen molar-refractivity contribution in [3.8, 4) is 0 Å². The molecular formula is C18H32O. The van der Waals surface area contributed by atoms with Crippen LogP contribution in [-0.4, -0.2) is 6.10 Å². The van der Waals surface area contributed by atoms with Gasteiger partial charge in [-0.05, 0) is 43.1 Å². The highest BCUT2D eigenvalue weighted by Crippen LogP contribution is 2.35. The minimum absolute atomic E-state index is 0.420. The van der Waals surface area contributed by atoms with Gasteiger partial charge in [0.2, 0.25) is 0 Å².